The standard InChI is InChI=1S/C9H9BrClFO/c1-2-9(13)5-3-8(12)7(11)4-6(5)10/h3-4,9,13H,2H2,1H3. The molecule has 1 nitrogen and oxygen atoms in total. The highest BCUT2D eigenvalue weighted by Crippen LogP contribution is 2.30. The Morgan fingerprint density at radius 1 is 1.62 bits per heavy atom. The molecule has 0 bridgehead atoms. The molecule has 0 spiro atoms. The lowest BCUT2D eigenvalue weighted by molar-refractivity contribution is 0.172. The van der Waals surface area contributed by atoms with Crippen molar-refractivity contribution >= 4 is 27.5 Å². The molecule has 1 rings (SSSR count). The Balaban J connectivity index is 3.15. The van der Waals surface area contributed by atoms with Crippen molar-refractivity contribution in [2.75, 3.05) is 0 Å². The molecule has 0 aliphatic heterocycles. The number of benzene rings is 1. The predicted molar refractivity (Wildman–Crippen MR) is 54.4 cm³/mol. The fourth-order valence-corrected chi connectivity index (χ4v) is 1.92. The topological polar surface area (TPSA) is 20.2 Å². The third-order valence-electron chi connectivity index (χ3n) is 1.79. The molecule has 1 N–H and O–H groups in total. The first-order valence-electron chi connectivity index (χ1n) is 3.88. The van der Waals surface area contributed by atoms with Crippen LogP contribution in [-0.2, 0) is 0 Å². The lowest BCUT2D eigenvalue weighted by Gasteiger charge is -2.10. The van der Waals surface area contributed by atoms with Crippen LogP contribution >= 0.6 is 27.5 Å². The van der Waals surface area contributed by atoms with Crippen LogP contribution in [0.2, 0.25) is 5.02 Å². The minimum absolute atomic E-state index is 0.0546. The van der Waals surface area contributed by atoms with Crippen LogP contribution in [0.3, 0.4) is 0 Å². The van der Waals surface area contributed by atoms with Crippen molar-refractivity contribution in [2.24, 2.45) is 0 Å². The van der Waals surface area contributed by atoms with Gasteiger partial charge in [-0.25, -0.2) is 4.39 Å². The molecular formula is C9H9BrClFO. The molecule has 0 aliphatic rings. The van der Waals surface area contributed by atoms with Crippen LogP contribution in [0, 0.1) is 5.82 Å². The van der Waals surface area contributed by atoms with Gasteiger partial charge in [0.15, 0.2) is 0 Å². The van der Waals surface area contributed by atoms with E-state index in [1.165, 1.54) is 12.1 Å². The van der Waals surface area contributed by atoms with Gasteiger partial charge in [-0.2, -0.15) is 0 Å². The van der Waals surface area contributed by atoms with Crippen molar-refractivity contribution in [3.63, 3.8) is 0 Å². The molecule has 0 fully saturated rings. The molecule has 0 heterocycles. The SMILES string of the molecule is CCC(O)c1cc(F)c(Cl)cc1Br. The van der Waals surface area contributed by atoms with E-state index < -0.39 is 11.9 Å². The Morgan fingerprint density at radius 2 is 2.23 bits per heavy atom. The van der Waals surface area contributed by atoms with Gasteiger partial charge in [-0.05, 0) is 24.1 Å². The summed E-state index contributed by atoms with van der Waals surface area (Å²) >= 11 is 8.76. The molecule has 0 saturated heterocycles. The van der Waals surface area contributed by atoms with Crippen LogP contribution in [-0.4, -0.2) is 5.11 Å². The highest BCUT2D eigenvalue weighted by molar-refractivity contribution is 9.10. The van der Waals surface area contributed by atoms with E-state index in [0.29, 0.717) is 16.5 Å². The van der Waals surface area contributed by atoms with Crippen LogP contribution in [0.4, 0.5) is 4.39 Å². The van der Waals surface area contributed by atoms with Crippen molar-refractivity contribution in [3.8, 4) is 0 Å². The van der Waals surface area contributed by atoms with E-state index >= 15 is 0 Å². The van der Waals surface area contributed by atoms with Crippen molar-refractivity contribution in [3.05, 3.63) is 33.0 Å². The average molecular weight is 268 g/mol. The molecule has 0 aromatic heterocycles. The first kappa shape index (κ1) is 11.0. The summed E-state index contributed by atoms with van der Waals surface area (Å²) in [6.45, 7) is 1.82. The van der Waals surface area contributed by atoms with E-state index in [9.17, 15) is 9.50 Å². The number of hydrogen-bond acceptors (Lipinski definition) is 1. The molecule has 0 radical (unpaired) electrons. The zero-order valence-electron chi connectivity index (χ0n) is 7.02. The largest absolute Gasteiger partial charge is 0.388 e. The van der Waals surface area contributed by atoms with E-state index in [1.807, 2.05) is 6.92 Å². The maximum Gasteiger partial charge on any atom is 0.142 e. The van der Waals surface area contributed by atoms with Crippen LogP contribution in [0.25, 0.3) is 0 Å². The fourth-order valence-electron chi connectivity index (χ4n) is 1.01. The number of hydrogen-bond donors (Lipinski definition) is 1. The van der Waals surface area contributed by atoms with Crippen molar-refractivity contribution in [1.82, 2.24) is 0 Å². The van der Waals surface area contributed by atoms with E-state index in [1.54, 1.807) is 0 Å². The van der Waals surface area contributed by atoms with Crippen molar-refractivity contribution in [2.45, 2.75) is 19.4 Å². The highest BCUT2D eigenvalue weighted by Gasteiger charge is 2.12. The van der Waals surface area contributed by atoms with E-state index in [2.05, 4.69) is 15.9 Å². The molecule has 1 aromatic carbocycles. The second-order valence-corrected chi connectivity index (χ2v) is 3.97. The summed E-state index contributed by atoms with van der Waals surface area (Å²) in [7, 11) is 0. The minimum Gasteiger partial charge on any atom is -0.388 e. The van der Waals surface area contributed by atoms with Gasteiger partial charge in [-0.3, -0.25) is 0 Å². The van der Waals surface area contributed by atoms with Gasteiger partial charge in [0.2, 0.25) is 0 Å². The third kappa shape index (κ3) is 2.42. The summed E-state index contributed by atoms with van der Waals surface area (Å²) in [4.78, 5) is 0. The van der Waals surface area contributed by atoms with E-state index in [0.717, 1.165) is 0 Å². The summed E-state index contributed by atoms with van der Waals surface area (Å²) in [6.07, 6.45) is -0.110. The second kappa shape index (κ2) is 4.40. The molecular weight excluding hydrogens is 258 g/mol. The molecule has 0 aliphatic carbocycles. The van der Waals surface area contributed by atoms with Gasteiger partial charge in [0.1, 0.15) is 5.82 Å². The zero-order chi connectivity index (χ0) is 10.0. The summed E-state index contributed by atoms with van der Waals surface area (Å²) in [6, 6.07) is 2.70. The quantitative estimate of drug-likeness (QED) is 0.810. The molecule has 72 valence electrons. The molecule has 0 saturated carbocycles. The fraction of sp³-hybridized carbons (Fsp3) is 0.333. The monoisotopic (exact) mass is 266 g/mol. The highest BCUT2D eigenvalue weighted by atomic mass is 79.9. The van der Waals surface area contributed by atoms with Gasteiger partial charge in [0.05, 0.1) is 11.1 Å². The third-order valence-corrected chi connectivity index (χ3v) is 2.76. The molecule has 1 atom stereocenters. The first-order valence-corrected chi connectivity index (χ1v) is 5.05. The lowest BCUT2D eigenvalue weighted by atomic mass is 10.1. The summed E-state index contributed by atoms with van der Waals surface area (Å²) in [5.41, 5.74) is 0.532. The Hall–Kier alpha value is -0.120. The number of aliphatic hydroxyl groups excluding tert-OH is 1. The van der Waals surface area contributed by atoms with Gasteiger partial charge in [-0.1, -0.05) is 34.5 Å². The zero-order valence-corrected chi connectivity index (χ0v) is 9.36. The second-order valence-electron chi connectivity index (χ2n) is 2.71. The molecule has 1 unspecified atom stereocenters. The Morgan fingerprint density at radius 3 is 2.77 bits per heavy atom. The minimum atomic E-state index is -0.652. The van der Waals surface area contributed by atoms with E-state index in [-0.39, 0.29) is 5.02 Å². The molecule has 1 aromatic rings. The van der Waals surface area contributed by atoms with Gasteiger partial charge in [0.25, 0.3) is 0 Å². The van der Waals surface area contributed by atoms with Crippen LogP contribution in [0.1, 0.15) is 25.0 Å². The van der Waals surface area contributed by atoms with Gasteiger partial charge >= 0.3 is 0 Å². The molecule has 13 heavy (non-hydrogen) atoms. The summed E-state index contributed by atoms with van der Waals surface area (Å²) in [5.74, 6) is -0.507. The van der Waals surface area contributed by atoms with Crippen LogP contribution < -0.4 is 0 Å². The Kier molecular flexibility index (Phi) is 3.71. The van der Waals surface area contributed by atoms with Crippen molar-refractivity contribution < 1.29 is 9.50 Å². The number of rotatable bonds is 2. The van der Waals surface area contributed by atoms with Gasteiger partial charge in [0, 0.05) is 4.47 Å². The summed E-state index contributed by atoms with van der Waals surface area (Å²) in [5, 5.41) is 9.54. The number of halogens is 3. The van der Waals surface area contributed by atoms with Crippen LogP contribution in [0.5, 0.6) is 0 Å². The maximum absolute atomic E-state index is 13.0. The number of aliphatic hydroxyl groups is 1. The average Bonchev–Trinajstić information content (AvgIpc) is 2.10. The normalized spacial score (nSPS) is 13.0. The van der Waals surface area contributed by atoms with Gasteiger partial charge in [-0.15, -0.1) is 0 Å². The summed E-state index contributed by atoms with van der Waals surface area (Å²) < 4.78 is 13.6. The van der Waals surface area contributed by atoms with Gasteiger partial charge < -0.3 is 5.11 Å². The van der Waals surface area contributed by atoms with E-state index in [4.69, 9.17) is 11.6 Å². The first-order chi connectivity index (χ1) is 6.06. The Labute approximate surface area is 89.7 Å². The molecule has 4 heteroatoms. The maximum atomic E-state index is 13.0. The molecule has 0 amide bonds. The Bertz CT molecular complexity index is 317. The van der Waals surface area contributed by atoms with Crippen LogP contribution in [0.15, 0.2) is 16.6 Å². The van der Waals surface area contributed by atoms with Crippen molar-refractivity contribution in [1.29, 1.82) is 0 Å². The lowest BCUT2D eigenvalue weighted by Crippen LogP contribution is -1.97. The smallest absolute Gasteiger partial charge is 0.142 e. The predicted octanol–water partition coefficient (Wildman–Crippen LogP) is 3.69.